The Morgan fingerprint density at radius 3 is 2.02 bits per heavy atom. The van der Waals surface area contributed by atoms with E-state index in [9.17, 15) is 35.0 Å². The molecule has 0 saturated carbocycles. The first-order valence-electron chi connectivity index (χ1n) is 17.7. The number of nitrogens with one attached hydrogen (secondary N) is 2. The summed E-state index contributed by atoms with van der Waals surface area (Å²) in [6.07, 6.45) is 2.53. The second-order valence-corrected chi connectivity index (χ2v) is 17.8. The molecule has 57 heavy (non-hydrogen) atoms. The third-order valence-electron chi connectivity index (χ3n) is 9.33. The van der Waals surface area contributed by atoms with E-state index in [2.05, 4.69) is 49.8 Å². The maximum absolute atomic E-state index is 14.0. The van der Waals surface area contributed by atoms with Gasteiger partial charge in [-0.15, -0.1) is 0 Å². The van der Waals surface area contributed by atoms with Gasteiger partial charge in [0.15, 0.2) is 6.29 Å². The van der Waals surface area contributed by atoms with Crippen LogP contribution >= 0.6 is 23.5 Å². The van der Waals surface area contributed by atoms with Crippen molar-refractivity contribution < 1.29 is 35.0 Å². The molecule has 1 saturated heterocycles. The Balaban J connectivity index is 0.00000117. The fraction of sp³-hybridized carbons (Fsp3) is 0.275. The quantitative estimate of drug-likeness (QED) is 0.0770. The highest BCUT2D eigenvalue weighted by Crippen LogP contribution is 2.42. The van der Waals surface area contributed by atoms with E-state index in [1.165, 1.54) is 6.07 Å². The Bertz CT molecular complexity index is 2330. The number of hydrogen-bond acceptors (Lipinski definition) is 8. The summed E-state index contributed by atoms with van der Waals surface area (Å²) in [5, 5.41) is 0.639. The number of piperazine rings is 1. The fourth-order valence-corrected chi connectivity index (χ4v) is 8.26. The van der Waals surface area contributed by atoms with Gasteiger partial charge in [0.2, 0.25) is 0 Å². The predicted octanol–water partition coefficient (Wildman–Crippen LogP) is 9.56. The van der Waals surface area contributed by atoms with Gasteiger partial charge in [0.1, 0.15) is 10.7 Å². The number of carbonyl (C=O) groups is 1. The number of aromatic nitrogens is 1. The van der Waals surface area contributed by atoms with Gasteiger partial charge in [0.05, 0.1) is 16.7 Å². The van der Waals surface area contributed by atoms with Crippen molar-refractivity contribution in [2.45, 2.75) is 42.1 Å². The smallest absolute Gasteiger partial charge is 0.368 e. The summed E-state index contributed by atoms with van der Waals surface area (Å²) < 4.78 is 94.0. The molecule has 0 radical (unpaired) electrons. The van der Waals surface area contributed by atoms with Crippen molar-refractivity contribution >= 4 is 67.7 Å². The number of benzene rings is 4. The number of sulfone groups is 1. The first kappa shape index (κ1) is 43.8. The number of alkyl halides is 3. The van der Waals surface area contributed by atoms with E-state index in [1.54, 1.807) is 13.3 Å². The van der Waals surface area contributed by atoms with Crippen molar-refractivity contribution in [3.05, 3.63) is 113 Å². The lowest BCUT2D eigenvalue weighted by Gasteiger charge is -2.37. The number of hydrogen-bond donors (Lipinski definition) is 2. The van der Waals surface area contributed by atoms with Gasteiger partial charge in [-0.05, 0) is 118 Å². The summed E-state index contributed by atoms with van der Waals surface area (Å²) in [7, 11) is -5.00. The van der Waals surface area contributed by atoms with Crippen LogP contribution in [0.3, 0.4) is 0 Å². The summed E-state index contributed by atoms with van der Waals surface area (Å²) in [4.78, 5) is 15.8. The maximum Gasteiger partial charge on any atom is 0.502 e. The molecule has 2 N–H and O–H groups in total. The Labute approximate surface area is 342 Å². The van der Waals surface area contributed by atoms with Crippen molar-refractivity contribution in [2.75, 3.05) is 54.0 Å². The zero-order valence-corrected chi connectivity index (χ0v) is 34.9. The average molecular weight is 864 g/mol. The molecule has 1 aliphatic rings. The molecule has 0 spiro atoms. The molecular formula is C40H42ClF4N5O4S3. The average Bonchev–Trinajstić information content (AvgIpc) is 3.49. The Morgan fingerprint density at radius 1 is 0.877 bits per heavy atom. The Morgan fingerprint density at radius 2 is 1.47 bits per heavy atom. The molecule has 304 valence electrons. The van der Waals surface area contributed by atoms with Crippen molar-refractivity contribution in [1.29, 1.82) is 0 Å². The largest absolute Gasteiger partial charge is 0.502 e. The molecule has 6 rings (SSSR count). The zero-order valence-electron chi connectivity index (χ0n) is 31.7. The monoisotopic (exact) mass is 863 g/mol. The highest BCUT2D eigenvalue weighted by atomic mass is 35.5. The molecule has 1 aliphatic heterocycles. The molecule has 4 aromatic carbocycles. The molecule has 0 bridgehead atoms. The zero-order chi connectivity index (χ0) is 41.7. The van der Waals surface area contributed by atoms with Crippen molar-refractivity contribution in [3.8, 4) is 22.4 Å². The van der Waals surface area contributed by atoms with Gasteiger partial charge in [-0.3, -0.25) is 4.79 Å². The Kier molecular flexibility index (Phi) is 14.2. The molecule has 1 aromatic heterocycles. The third kappa shape index (κ3) is 10.0. The molecule has 1 unspecified atom stereocenters. The summed E-state index contributed by atoms with van der Waals surface area (Å²) in [6, 6.07) is 26.1. The van der Waals surface area contributed by atoms with Crippen LogP contribution in [-0.4, -0.2) is 68.5 Å². The number of nitrogens with zero attached hydrogens (tertiary/aromatic N) is 3. The maximum atomic E-state index is 14.0. The lowest BCUT2D eigenvalue weighted by Crippen LogP contribution is -2.46. The SMILES string of the molecule is CNS(C)=O.Cc1c(C=O)c(-c2cccc(N3CCN(c4ccc(NSc5ccc(F)c(S(=O)(=O)C(F)(F)F)c5)cc4)CC3)c2)c(-c2ccc(Cl)cc2)n1C(C)C. The number of rotatable bonds is 11. The Hall–Kier alpha value is -4.35. The summed E-state index contributed by atoms with van der Waals surface area (Å²) in [5.41, 5.74) is 2.41. The molecular weight excluding hydrogens is 822 g/mol. The van der Waals surface area contributed by atoms with E-state index < -0.39 is 37.0 Å². The van der Waals surface area contributed by atoms with Gasteiger partial charge in [-0.2, -0.15) is 13.2 Å². The van der Waals surface area contributed by atoms with Crippen LogP contribution in [0.2, 0.25) is 5.02 Å². The van der Waals surface area contributed by atoms with Gasteiger partial charge in [-0.25, -0.2) is 21.7 Å². The third-order valence-corrected chi connectivity index (χ3v) is 12.5. The second-order valence-electron chi connectivity index (χ2n) is 13.3. The van der Waals surface area contributed by atoms with Gasteiger partial charge in [0, 0.05) is 82.3 Å². The van der Waals surface area contributed by atoms with E-state index in [-0.39, 0.29) is 10.9 Å². The molecule has 9 nitrogen and oxygen atoms in total. The highest BCUT2D eigenvalue weighted by molar-refractivity contribution is 8.00. The van der Waals surface area contributed by atoms with Crippen molar-refractivity contribution in [1.82, 2.24) is 9.29 Å². The van der Waals surface area contributed by atoms with Crippen LogP contribution in [0.4, 0.5) is 34.6 Å². The van der Waals surface area contributed by atoms with Crippen LogP contribution in [0.1, 0.15) is 35.9 Å². The highest BCUT2D eigenvalue weighted by Gasteiger charge is 2.48. The number of anilines is 3. The summed E-state index contributed by atoms with van der Waals surface area (Å²) in [6.45, 7) is 9.19. The second kappa shape index (κ2) is 18.5. The molecule has 0 aliphatic carbocycles. The standard InChI is InChI=1S/C38H35ClF4N4O3S2.C2H7NOS/c1-24(2)47-25(3)33(23-48)36(37(47)26-7-9-28(39)10-8-26)27-5-4-6-31(21-27)46-19-17-45(18-20-46)30-13-11-29(12-14-30)44-51-32-15-16-34(40)35(22-32)52(49,50)38(41,42)43;1-3-5(2)4/h4-16,21-24,44H,17-20H2,1-3H3;3H,1-2H3. The molecule has 2 heterocycles. The van der Waals surface area contributed by atoms with E-state index in [0.717, 1.165) is 83.9 Å². The fourth-order valence-electron chi connectivity index (χ4n) is 6.52. The van der Waals surface area contributed by atoms with Gasteiger partial charge in [-0.1, -0.05) is 35.9 Å². The van der Waals surface area contributed by atoms with Gasteiger partial charge >= 0.3 is 5.51 Å². The van der Waals surface area contributed by atoms with E-state index in [0.29, 0.717) is 28.4 Å². The van der Waals surface area contributed by atoms with Crippen LogP contribution in [-0.2, 0) is 20.8 Å². The molecule has 1 fully saturated rings. The first-order valence-corrected chi connectivity index (χ1v) is 21.9. The van der Waals surface area contributed by atoms with Gasteiger partial charge in [0.25, 0.3) is 9.84 Å². The predicted molar refractivity (Wildman–Crippen MR) is 224 cm³/mol. The summed E-state index contributed by atoms with van der Waals surface area (Å²) in [5.74, 6) is -1.47. The molecule has 5 aromatic rings. The minimum atomic E-state index is -5.83. The van der Waals surface area contributed by atoms with E-state index in [1.807, 2.05) is 67.6 Å². The van der Waals surface area contributed by atoms with Crippen LogP contribution in [0.25, 0.3) is 22.4 Å². The van der Waals surface area contributed by atoms with Gasteiger partial charge < -0.3 is 19.1 Å². The molecule has 1 atom stereocenters. The molecule has 0 amide bonds. The summed E-state index contributed by atoms with van der Waals surface area (Å²) >= 11 is 7.09. The van der Waals surface area contributed by atoms with E-state index in [4.69, 9.17) is 11.6 Å². The number of carbonyl (C=O) groups excluding carboxylic acids is 1. The minimum Gasteiger partial charge on any atom is -0.368 e. The molecule has 17 heteroatoms. The van der Waals surface area contributed by atoms with Crippen LogP contribution in [0.5, 0.6) is 0 Å². The van der Waals surface area contributed by atoms with E-state index >= 15 is 0 Å². The normalized spacial score (nSPS) is 13.9. The lowest BCUT2D eigenvalue weighted by atomic mass is 9.96. The first-order chi connectivity index (χ1) is 27.0. The van der Waals surface area contributed by atoms with Crippen molar-refractivity contribution in [3.63, 3.8) is 0 Å². The number of aldehydes is 1. The van der Waals surface area contributed by atoms with Crippen molar-refractivity contribution in [2.24, 2.45) is 0 Å². The van der Waals surface area contributed by atoms with Crippen LogP contribution < -0.4 is 19.2 Å². The van der Waals surface area contributed by atoms with Crippen LogP contribution in [0.15, 0.2) is 101 Å². The number of halogens is 5. The lowest BCUT2D eigenvalue weighted by molar-refractivity contribution is -0.0438. The topological polar surface area (TPSA) is 104 Å². The minimum absolute atomic E-state index is 0.102. The van der Waals surface area contributed by atoms with Crippen LogP contribution in [0, 0.1) is 12.7 Å².